The van der Waals surface area contributed by atoms with E-state index in [9.17, 15) is 4.79 Å². The first-order valence-electron chi connectivity index (χ1n) is 2.60. The normalized spacial score (nSPS) is 12.1. The zero-order valence-corrected chi connectivity index (χ0v) is 5.37. The van der Waals surface area contributed by atoms with Crippen molar-refractivity contribution in [2.75, 3.05) is 6.79 Å². The van der Waals surface area contributed by atoms with Gasteiger partial charge in [-0.05, 0) is 6.92 Å². The van der Waals surface area contributed by atoms with Gasteiger partial charge in [-0.15, -0.1) is 6.58 Å². The molecule has 0 aliphatic rings. The number of carbonyl (C=O) groups excluding carboxylic acids is 1. The molecule has 0 fully saturated rings. The standard InChI is InChI=1S/C6H10O3/c1-3-6(2)9-5-8-4-7/h3-4,6H,1,5H2,2H3. The summed E-state index contributed by atoms with van der Waals surface area (Å²) in [5, 5.41) is 0. The summed E-state index contributed by atoms with van der Waals surface area (Å²) in [4.78, 5) is 9.55. The molecule has 0 rings (SSSR count). The zero-order chi connectivity index (χ0) is 7.11. The summed E-state index contributed by atoms with van der Waals surface area (Å²) >= 11 is 0. The van der Waals surface area contributed by atoms with E-state index in [1.54, 1.807) is 13.0 Å². The molecule has 0 saturated heterocycles. The fourth-order valence-corrected chi connectivity index (χ4v) is 0.242. The van der Waals surface area contributed by atoms with Crippen molar-refractivity contribution in [1.82, 2.24) is 0 Å². The van der Waals surface area contributed by atoms with E-state index < -0.39 is 0 Å². The van der Waals surface area contributed by atoms with Crippen LogP contribution in [-0.4, -0.2) is 19.4 Å². The van der Waals surface area contributed by atoms with Crippen molar-refractivity contribution in [3.05, 3.63) is 12.7 Å². The van der Waals surface area contributed by atoms with Crippen molar-refractivity contribution in [1.29, 1.82) is 0 Å². The Morgan fingerprint density at radius 1 is 1.78 bits per heavy atom. The van der Waals surface area contributed by atoms with Gasteiger partial charge in [-0.1, -0.05) is 6.08 Å². The monoisotopic (exact) mass is 130 g/mol. The van der Waals surface area contributed by atoms with E-state index in [0.29, 0.717) is 6.47 Å². The molecule has 0 saturated carbocycles. The van der Waals surface area contributed by atoms with Gasteiger partial charge < -0.3 is 9.47 Å². The Bertz CT molecular complexity index is 90.3. The van der Waals surface area contributed by atoms with E-state index in [-0.39, 0.29) is 12.9 Å². The molecule has 0 aromatic carbocycles. The van der Waals surface area contributed by atoms with Gasteiger partial charge in [0, 0.05) is 0 Å². The molecule has 1 atom stereocenters. The van der Waals surface area contributed by atoms with Gasteiger partial charge in [-0.2, -0.15) is 0 Å². The maximum absolute atomic E-state index is 9.55. The van der Waals surface area contributed by atoms with Crippen molar-refractivity contribution < 1.29 is 14.3 Å². The summed E-state index contributed by atoms with van der Waals surface area (Å²) < 4.78 is 9.12. The van der Waals surface area contributed by atoms with E-state index in [4.69, 9.17) is 4.74 Å². The van der Waals surface area contributed by atoms with E-state index in [1.165, 1.54) is 0 Å². The molecule has 0 heterocycles. The summed E-state index contributed by atoms with van der Waals surface area (Å²) in [7, 11) is 0. The van der Waals surface area contributed by atoms with Crippen LogP contribution < -0.4 is 0 Å². The number of ether oxygens (including phenoxy) is 2. The van der Waals surface area contributed by atoms with Crippen LogP contribution >= 0.6 is 0 Å². The fourth-order valence-electron chi connectivity index (χ4n) is 0.242. The van der Waals surface area contributed by atoms with Crippen LogP contribution in [0.25, 0.3) is 0 Å². The van der Waals surface area contributed by atoms with E-state index in [1.807, 2.05) is 0 Å². The minimum atomic E-state index is -0.0649. The maximum atomic E-state index is 9.55. The fraction of sp³-hybridized carbons (Fsp3) is 0.500. The number of carbonyl (C=O) groups is 1. The Morgan fingerprint density at radius 2 is 2.44 bits per heavy atom. The van der Waals surface area contributed by atoms with Gasteiger partial charge in [0.05, 0.1) is 6.10 Å². The molecule has 3 nitrogen and oxygen atoms in total. The number of hydrogen-bond donors (Lipinski definition) is 0. The molecule has 1 unspecified atom stereocenters. The average Bonchev–Trinajstić information content (AvgIpc) is 1.89. The molecule has 0 spiro atoms. The van der Waals surface area contributed by atoms with Crippen molar-refractivity contribution >= 4 is 6.47 Å². The highest BCUT2D eigenvalue weighted by molar-refractivity contribution is 5.36. The van der Waals surface area contributed by atoms with E-state index in [2.05, 4.69) is 11.3 Å². The van der Waals surface area contributed by atoms with E-state index >= 15 is 0 Å². The van der Waals surface area contributed by atoms with Gasteiger partial charge in [0.15, 0.2) is 6.79 Å². The van der Waals surface area contributed by atoms with Crippen LogP contribution in [0, 0.1) is 0 Å². The van der Waals surface area contributed by atoms with Gasteiger partial charge in [0.2, 0.25) is 0 Å². The second-order valence-electron chi connectivity index (χ2n) is 1.49. The van der Waals surface area contributed by atoms with E-state index in [0.717, 1.165) is 0 Å². The predicted octanol–water partition coefficient (Wildman–Crippen LogP) is 0.708. The third-order valence-corrected chi connectivity index (χ3v) is 0.799. The minimum absolute atomic E-state index is 0.00329. The van der Waals surface area contributed by atoms with Crippen LogP contribution in [0.1, 0.15) is 6.92 Å². The van der Waals surface area contributed by atoms with Crippen LogP contribution in [0.15, 0.2) is 12.7 Å². The van der Waals surface area contributed by atoms with Gasteiger partial charge in [0.25, 0.3) is 6.47 Å². The third-order valence-electron chi connectivity index (χ3n) is 0.799. The second kappa shape index (κ2) is 5.31. The molecule has 9 heavy (non-hydrogen) atoms. The molecule has 0 aliphatic heterocycles. The lowest BCUT2D eigenvalue weighted by Crippen LogP contribution is -2.06. The second-order valence-corrected chi connectivity index (χ2v) is 1.49. The highest BCUT2D eigenvalue weighted by atomic mass is 16.7. The Hall–Kier alpha value is -0.830. The topological polar surface area (TPSA) is 35.5 Å². The van der Waals surface area contributed by atoms with Crippen LogP contribution in [0.3, 0.4) is 0 Å². The van der Waals surface area contributed by atoms with Crippen molar-refractivity contribution in [2.24, 2.45) is 0 Å². The Balaban J connectivity index is 3.05. The molecule has 0 aliphatic carbocycles. The predicted molar refractivity (Wildman–Crippen MR) is 32.8 cm³/mol. The quantitative estimate of drug-likeness (QED) is 0.238. The maximum Gasteiger partial charge on any atom is 0.295 e. The first-order valence-corrected chi connectivity index (χ1v) is 2.60. The summed E-state index contributed by atoms with van der Waals surface area (Å²) in [5.41, 5.74) is 0. The molecule has 0 aromatic rings. The highest BCUT2D eigenvalue weighted by Crippen LogP contribution is 1.89. The molecule has 0 bridgehead atoms. The lowest BCUT2D eigenvalue weighted by atomic mass is 10.4. The Labute approximate surface area is 54.3 Å². The molecule has 0 amide bonds. The Morgan fingerprint density at radius 3 is 2.89 bits per heavy atom. The molecule has 0 aromatic heterocycles. The third kappa shape index (κ3) is 5.03. The lowest BCUT2D eigenvalue weighted by Gasteiger charge is -2.04. The molecule has 0 radical (unpaired) electrons. The number of rotatable bonds is 5. The number of hydrogen-bond acceptors (Lipinski definition) is 3. The summed E-state index contributed by atoms with van der Waals surface area (Å²) in [6, 6.07) is 0. The SMILES string of the molecule is C=CC(C)OCOC=O. The minimum Gasteiger partial charge on any atom is -0.441 e. The largest absolute Gasteiger partial charge is 0.441 e. The van der Waals surface area contributed by atoms with Crippen LogP contribution in [-0.2, 0) is 14.3 Å². The molecule has 3 heteroatoms. The first-order chi connectivity index (χ1) is 4.31. The molecule has 52 valence electrons. The first kappa shape index (κ1) is 8.17. The van der Waals surface area contributed by atoms with Crippen molar-refractivity contribution in [3.63, 3.8) is 0 Å². The van der Waals surface area contributed by atoms with Gasteiger partial charge >= 0.3 is 0 Å². The summed E-state index contributed by atoms with van der Waals surface area (Å²) in [5.74, 6) is 0. The van der Waals surface area contributed by atoms with Crippen molar-refractivity contribution in [3.8, 4) is 0 Å². The van der Waals surface area contributed by atoms with Crippen LogP contribution in [0.5, 0.6) is 0 Å². The summed E-state index contributed by atoms with van der Waals surface area (Å²) in [6.45, 7) is 5.62. The van der Waals surface area contributed by atoms with Gasteiger partial charge in [0.1, 0.15) is 0 Å². The molecular weight excluding hydrogens is 120 g/mol. The van der Waals surface area contributed by atoms with Gasteiger partial charge in [-0.3, -0.25) is 4.79 Å². The average molecular weight is 130 g/mol. The zero-order valence-electron chi connectivity index (χ0n) is 5.37. The van der Waals surface area contributed by atoms with Crippen LogP contribution in [0.4, 0.5) is 0 Å². The van der Waals surface area contributed by atoms with Gasteiger partial charge in [-0.25, -0.2) is 0 Å². The van der Waals surface area contributed by atoms with Crippen molar-refractivity contribution in [2.45, 2.75) is 13.0 Å². The molecule has 0 N–H and O–H groups in total. The Kier molecular flexibility index (Phi) is 4.82. The highest BCUT2D eigenvalue weighted by Gasteiger charge is 1.92. The molecular formula is C6H10O3. The smallest absolute Gasteiger partial charge is 0.295 e. The van der Waals surface area contributed by atoms with Crippen LogP contribution in [0.2, 0.25) is 0 Å². The lowest BCUT2D eigenvalue weighted by molar-refractivity contribution is -0.142. The summed E-state index contributed by atoms with van der Waals surface area (Å²) in [6.07, 6.45) is 1.55.